The summed E-state index contributed by atoms with van der Waals surface area (Å²) in [6.07, 6.45) is 2.06. The first-order valence-corrected chi connectivity index (χ1v) is 5.37. The maximum atomic E-state index is 3.43. The van der Waals surface area contributed by atoms with Gasteiger partial charge in [-0.05, 0) is 18.2 Å². The van der Waals surface area contributed by atoms with Crippen molar-refractivity contribution >= 4 is 10.9 Å². The Morgan fingerprint density at radius 3 is 2.62 bits per heavy atom. The van der Waals surface area contributed by atoms with E-state index in [1.165, 1.54) is 16.6 Å². The van der Waals surface area contributed by atoms with Gasteiger partial charge < -0.3 is 4.98 Å². The molecule has 0 bridgehead atoms. The highest BCUT2D eigenvalue weighted by Crippen LogP contribution is 2.21. The van der Waals surface area contributed by atoms with Gasteiger partial charge in [0.25, 0.3) is 0 Å². The fraction of sp³-hybridized carbons (Fsp3) is 0.0714. The number of H-pyrrole nitrogens is 1. The average Bonchev–Trinajstić information content (AvgIpc) is 2.73. The van der Waals surface area contributed by atoms with Gasteiger partial charge in [0.1, 0.15) is 12.7 Å². The molecule has 0 amide bonds. The van der Waals surface area contributed by atoms with Gasteiger partial charge in [-0.3, -0.25) is 0 Å². The summed E-state index contributed by atoms with van der Waals surface area (Å²) < 4.78 is 2.12. The summed E-state index contributed by atoms with van der Waals surface area (Å²) in [7, 11) is 2.06. The predicted octanol–water partition coefficient (Wildman–Crippen LogP) is 2.66. The van der Waals surface area contributed by atoms with Crippen LogP contribution in [0.25, 0.3) is 22.3 Å². The lowest BCUT2D eigenvalue weighted by Gasteiger charge is -1.95. The fourth-order valence-electron chi connectivity index (χ4n) is 2.01. The van der Waals surface area contributed by atoms with E-state index in [1.807, 2.05) is 12.1 Å². The molecular weight excluding hydrogens is 196 g/mol. The van der Waals surface area contributed by atoms with E-state index in [1.54, 1.807) is 0 Å². The second-order valence-corrected chi connectivity index (χ2v) is 3.97. The zero-order valence-electron chi connectivity index (χ0n) is 9.14. The number of aromatic nitrogens is 2. The summed E-state index contributed by atoms with van der Waals surface area (Å²) >= 11 is 0. The molecule has 0 aliphatic heterocycles. The third-order valence-electron chi connectivity index (χ3n) is 2.86. The normalized spacial score (nSPS) is 10.8. The molecule has 3 rings (SSSR count). The standard InChI is InChI=1S/C14H12N2/c1-16-9-5-4-8-14(16)13-10-11-6-2-3-7-12(11)15-13/h2-10H,1H3/p+1. The largest absolute Gasteiger partial charge is 0.350 e. The van der Waals surface area contributed by atoms with Gasteiger partial charge >= 0.3 is 0 Å². The van der Waals surface area contributed by atoms with Crippen molar-refractivity contribution in [2.75, 3.05) is 0 Å². The van der Waals surface area contributed by atoms with E-state index in [9.17, 15) is 0 Å². The minimum Gasteiger partial charge on any atom is -0.350 e. The Balaban J connectivity index is 2.23. The average molecular weight is 209 g/mol. The number of nitrogens with one attached hydrogen (secondary N) is 1. The zero-order valence-corrected chi connectivity index (χ0v) is 9.14. The molecule has 16 heavy (non-hydrogen) atoms. The van der Waals surface area contributed by atoms with E-state index in [4.69, 9.17) is 0 Å². The first-order valence-electron chi connectivity index (χ1n) is 5.37. The van der Waals surface area contributed by atoms with Gasteiger partial charge in [-0.25, -0.2) is 0 Å². The smallest absolute Gasteiger partial charge is 0.228 e. The van der Waals surface area contributed by atoms with Crippen LogP contribution in [-0.4, -0.2) is 4.98 Å². The number of hydrogen-bond donors (Lipinski definition) is 1. The van der Waals surface area contributed by atoms with Crippen molar-refractivity contribution in [3.8, 4) is 11.4 Å². The first kappa shape index (κ1) is 9.16. The number of fused-ring (bicyclic) bond motifs is 1. The van der Waals surface area contributed by atoms with Crippen LogP contribution in [0.2, 0.25) is 0 Å². The Morgan fingerprint density at radius 1 is 1.00 bits per heavy atom. The molecule has 2 aromatic heterocycles. The number of rotatable bonds is 1. The van der Waals surface area contributed by atoms with E-state index < -0.39 is 0 Å². The minimum absolute atomic E-state index is 1.16. The molecule has 1 aromatic carbocycles. The molecule has 3 aromatic rings. The fourth-order valence-corrected chi connectivity index (χ4v) is 2.01. The van der Waals surface area contributed by atoms with Gasteiger partial charge in [0.05, 0.1) is 0 Å². The molecule has 0 aliphatic rings. The molecule has 0 fully saturated rings. The molecule has 0 aliphatic carbocycles. The van der Waals surface area contributed by atoms with Crippen molar-refractivity contribution in [3.05, 3.63) is 54.7 Å². The maximum absolute atomic E-state index is 3.43. The molecule has 0 atom stereocenters. The topological polar surface area (TPSA) is 19.7 Å². The van der Waals surface area contributed by atoms with Gasteiger partial charge in [-0.15, -0.1) is 0 Å². The van der Waals surface area contributed by atoms with E-state index in [0.29, 0.717) is 0 Å². The predicted molar refractivity (Wildman–Crippen MR) is 64.9 cm³/mol. The van der Waals surface area contributed by atoms with Crippen LogP contribution < -0.4 is 4.57 Å². The quantitative estimate of drug-likeness (QED) is 0.594. The molecule has 0 spiro atoms. The van der Waals surface area contributed by atoms with Gasteiger partial charge in [0.2, 0.25) is 5.69 Å². The van der Waals surface area contributed by atoms with Gasteiger partial charge in [-0.2, -0.15) is 4.57 Å². The van der Waals surface area contributed by atoms with Crippen LogP contribution in [0.15, 0.2) is 54.7 Å². The molecule has 78 valence electrons. The Kier molecular flexibility index (Phi) is 2.00. The van der Waals surface area contributed by atoms with Crippen molar-refractivity contribution < 1.29 is 4.57 Å². The van der Waals surface area contributed by atoms with E-state index >= 15 is 0 Å². The molecule has 2 heterocycles. The summed E-state index contributed by atoms with van der Waals surface area (Å²) in [5, 5.41) is 1.25. The van der Waals surface area contributed by atoms with Crippen molar-refractivity contribution in [2.24, 2.45) is 7.05 Å². The lowest BCUT2D eigenvalue weighted by molar-refractivity contribution is -0.660. The van der Waals surface area contributed by atoms with Crippen LogP contribution >= 0.6 is 0 Å². The molecular formula is C14H13N2+. The molecule has 1 N–H and O–H groups in total. The second kappa shape index (κ2) is 3.49. The number of pyridine rings is 1. The molecule has 0 saturated carbocycles. The summed E-state index contributed by atoms with van der Waals surface area (Å²) in [6, 6.07) is 16.7. The third kappa shape index (κ3) is 1.39. The molecule has 0 radical (unpaired) electrons. The van der Waals surface area contributed by atoms with E-state index in [2.05, 4.69) is 59.2 Å². The number of nitrogens with zero attached hydrogens (tertiary/aromatic N) is 1. The number of hydrogen-bond acceptors (Lipinski definition) is 0. The zero-order chi connectivity index (χ0) is 11.0. The Bertz CT molecular complexity index is 605. The second-order valence-electron chi connectivity index (χ2n) is 3.97. The van der Waals surface area contributed by atoms with E-state index in [-0.39, 0.29) is 0 Å². The van der Waals surface area contributed by atoms with Gasteiger partial charge in [-0.1, -0.05) is 18.2 Å². The third-order valence-corrected chi connectivity index (χ3v) is 2.86. The van der Waals surface area contributed by atoms with Crippen LogP contribution in [0.3, 0.4) is 0 Å². The van der Waals surface area contributed by atoms with Crippen LogP contribution in [-0.2, 0) is 7.05 Å². The summed E-state index contributed by atoms with van der Waals surface area (Å²) in [5.41, 5.74) is 3.53. The van der Waals surface area contributed by atoms with E-state index in [0.717, 1.165) is 5.69 Å². The molecule has 0 unspecified atom stereocenters. The maximum Gasteiger partial charge on any atom is 0.228 e. The van der Waals surface area contributed by atoms with Crippen molar-refractivity contribution in [1.82, 2.24) is 4.98 Å². The van der Waals surface area contributed by atoms with Crippen molar-refractivity contribution in [2.45, 2.75) is 0 Å². The molecule has 2 nitrogen and oxygen atoms in total. The van der Waals surface area contributed by atoms with Crippen LogP contribution in [0.1, 0.15) is 0 Å². The van der Waals surface area contributed by atoms with Crippen LogP contribution in [0, 0.1) is 0 Å². The highest BCUT2D eigenvalue weighted by Gasteiger charge is 2.10. The number of para-hydroxylation sites is 1. The summed E-state index contributed by atoms with van der Waals surface area (Å²) in [4.78, 5) is 3.43. The Hall–Kier alpha value is -2.09. The van der Waals surface area contributed by atoms with Crippen molar-refractivity contribution in [1.29, 1.82) is 0 Å². The highest BCUT2D eigenvalue weighted by atomic mass is 14.9. The lowest BCUT2D eigenvalue weighted by atomic mass is 10.2. The summed E-state index contributed by atoms with van der Waals surface area (Å²) in [6.45, 7) is 0. The first-order chi connectivity index (χ1) is 7.84. The lowest BCUT2D eigenvalue weighted by Crippen LogP contribution is -2.29. The Morgan fingerprint density at radius 2 is 1.81 bits per heavy atom. The van der Waals surface area contributed by atoms with Crippen LogP contribution in [0.4, 0.5) is 0 Å². The highest BCUT2D eigenvalue weighted by molar-refractivity contribution is 5.84. The Labute approximate surface area is 94.2 Å². The van der Waals surface area contributed by atoms with Gasteiger partial charge in [0, 0.05) is 23.0 Å². The minimum atomic E-state index is 1.16. The molecule has 2 heteroatoms. The number of aryl methyl sites for hydroxylation is 1. The number of aromatic amines is 1. The van der Waals surface area contributed by atoms with Crippen molar-refractivity contribution in [3.63, 3.8) is 0 Å². The molecule has 0 saturated heterocycles. The van der Waals surface area contributed by atoms with Crippen LogP contribution in [0.5, 0.6) is 0 Å². The number of benzene rings is 1. The SMILES string of the molecule is C[n+]1ccccc1-c1cc2ccccc2[nH]1. The monoisotopic (exact) mass is 209 g/mol. The summed E-state index contributed by atoms with van der Waals surface area (Å²) in [5.74, 6) is 0. The van der Waals surface area contributed by atoms with Gasteiger partial charge in [0.15, 0.2) is 6.20 Å².